The first-order valence-electron chi connectivity index (χ1n) is 5.35. The van der Waals surface area contributed by atoms with E-state index in [2.05, 4.69) is 9.97 Å². The Morgan fingerprint density at radius 2 is 2.25 bits per heavy atom. The molecule has 16 heavy (non-hydrogen) atoms. The molecule has 1 fully saturated rings. The fourth-order valence-electron chi connectivity index (χ4n) is 1.98. The van der Waals surface area contributed by atoms with Crippen molar-refractivity contribution >= 4 is 0 Å². The molecule has 88 valence electrons. The maximum Gasteiger partial charge on any atom is 0.251 e. The second-order valence-corrected chi connectivity index (χ2v) is 4.07. The van der Waals surface area contributed by atoms with Crippen LogP contribution in [-0.2, 0) is 21.7 Å². The number of H-pyrrole nitrogens is 1. The van der Waals surface area contributed by atoms with Crippen LogP contribution in [0.3, 0.4) is 0 Å². The number of nitrogens with zero attached hydrogens (tertiary/aromatic N) is 1. The van der Waals surface area contributed by atoms with E-state index in [1.165, 1.54) is 6.07 Å². The van der Waals surface area contributed by atoms with Crippen molar-refractivity contribution < 1.29 is 9.47 Å². The molecule has 1 N–H and O–H groups in total. The predicted molar refractivity (Wildman–Crippen MR) is 58.1 cm³/mol. The molecule has 0 spiro atoms. The lowest BCUT2D eigenvalue weighted by Gasteiger charge is -2.39. The lowest BCUT2D eigenvalue weighted by Crippen LogP contribution is -2.39. The van der Waals surface area contributed by atoms with Crippen LogP contribution in [0.15, 0.2) is 10.9 Å². The van der Waals surface area contributed by atoms with Gasteiger partial charge in [0.15, 0.2) is 0 Å². The predicted octanol–water partition coefficient (Wildman–Crippen LogP) is 0.942. The van der Waals surface area contributed by atoms with E-state index >= 15 is 0 Å². The highest BCUT2D eigenvalue weighted by molar-refractivity contribution is 5.11. The number of aromatic amines is 1. The van der Waals surface area contributed by atoms with Crippen molar-refractivity contribution in [1.82, 2.24) is 9.97 Å². The van der Waals surface area contributed by atoms with Crippen molar-refractivity contribution in [2.24, 2.45) is 0 Å². The molecule has 5 heteroatoms. The maximum absolute atomic E-state index is 11.5. The molecule has 0 unspecified atom stereocenters. The van der Waals surface area contributed by atoms with Gasteiger partial charge in [0.1, 0.15) is 11.4 Å². The van der Waals surface area contributed by atoms with Gasteiger partial charge in [0.25, 0.3) is 5.56 Å². The third kappa shape index (κ3) is 1.88. The monoisotopic (exact) mass is 224 g/mol. The zero-order chi connectivity index (χ0) is 11.6. The van der Waals surface area contributed by atoms with Gasteiger partial charge in [0, 0.05) is 20.3 Å². The normalized spacial score (nSPS) is 18.1. The average molecular weight is 224 g/mol. The largest absolute Gasteiger partial charge is 0.378 e. The zero-order valence-electron chi connectivity index (χ0n) is 9.58. The van der Waals surface area contributed by atoms with Crippen LogP contribution < -0.4 is 5.56 Å². The van der Waals surface area contributed by atoms with Crippen molar-refractivity contribution in [3.05, 3.63) is 27.9 Å². The highest BCUT2D eigenvalue weighted by atomic mass is 16.5. The summed E-state index contributed by atoms with van der Waals surface area (Å²) in [5, 5.41) is 0. The van der Waals surface area contributed by atoms with E-state index in [4.69, 9.17) is 9.47 Å². The first-order chi connectivity index (χ1) is 7.70. The number of methoxy groups -OCH3 is 2. The molecule has 2 rings (SSSR count). The topological polar surface area (TPSA) is 64.2 Å². The fraction of sp³-hybridized carbons (Fsp3) is 0.636. The van der Waals surface area contributed by atoms with E-state index in [1.54, 1.807) is 14.2 Å². The van der Waals surface area contributed by atoms with E-state index < -0.39 is 0 Å². The molecule has 0 atom stereocenters. The highest BCUT2D eigenvalue weighted by Gasteiger charge is 2.41. The molecular formula is C11H16N2O3. The molecule has 1 aliphatic rings. The number of rotatable bonds is 4. The smallest absolute Gasteiger partial charge is 0.251 e. The van der Waals surface area contributed by atoms with Crippen molar-refractivity contribution in [1.29, 1.82) is 0 Å². The summed E-state index contributed by atoms with van der Waals surface area (Å²) in [5.74, 6) is 0.626. The summed E-state index contributed by atoms with van der Waals surface area (Å²) < 4.78 is 10.5. The zero-order valence-corrected chi connectivity index (χ0v) is 9.58. The number of hydrogen-bond acceptors (Lipinski definition) is 4. The van der Waals surface area contributed by atoms with Crippen LogP contribution in [-0.4, -0.2) is 24.2 Å². The van der Waals surface area contributed by atoms with Gasteiger partial charge in [-0.2, -0.15) is 0 Å². The van der Waals surface area contributed by atoms with Crippen LogP contribution in [0.2, 0.25) is 0 Å². The van der Waals surface area contributed by atoms with Gasteiger partial charge in [-0.05, 0) is 19.3 Å². The molecule has 0 aliphatic heterocycles. The minimum atomic E-state index is -0.386. The van der Waals surface area contributed by atoms with Gasteiger partial charge in [0.05, 0.1) is 12.3 Å². The molecule has 0 aromatic carbocycles. The highest BCUT2D eigenvalue weighted by Crippen LogP contribution is 2.42. The van der Waals surface area contributed by atoms with Crippen LogP contribution in [0.25, 0.3) is 0 Å². The lowest BCUT2D eigenvalue weighted by atomic mass is 9.79. The van der Waals surface area contributed by atoms with Gasteiger partial charge >= 0.3 is 0 Å². The van der Waals surface area contributed by atoms with Crippen molar-refractivity contribution in [3.63, 3.8) is 0 Å². The van der Waals surface area contributed by atoms with Crippen molar-refractivity contribution in [3.8, 4) is 0 Å². The SMILES string of the molecule is COCc1cc(=O)[nH]c(C2(OC)CCC2)n1. The molecule has 1 saturated carbocycles. The minimum Gasteiger partial charge on any atom is -0.378 e. The standard InChI is InChI=1S/C11H16N2O3/c1-15-7-8-6-9(14)13-10(12-8)11(16-2)4-3-5-11/h6H,3-5,7H2,1-2H3,(H,12,13,14). The Labute approximate surface area is 93.8 Å². The van der Waals surface area contributed by atoms with E-state index in [9.17, 15) is 4.79 Å². The van der Waals surface area contributed by atoms with Gasteiger partial charge in [0.2, 0.25) is 0 Å². The Bertz CT molecular complexity index is 418. The summed E-state index contributed by atoms with van der Waals surface area (Å²) in [6.07, 6.45) is 2.91. The maximum atomic E-state index is 11.5. The van der Waals surface area contributed by atoms with E-state index in [-0.39, 0.29) is 11.2 Å². The second-order valence-electron chi connectivity index (χ2n) is 4.07. The number of hydrogen-bond donors (Lipinski definition) is 1. The summed E-state index contributed by atoms with van der Waals surface area (Å²) >= 11 is 0. The molecule has 1 heterocycles. The molecule has 0 saturated heterocycles. The molecule has 0 bridgehead atoms. The molecule has 1 aromatic rings. The first-order valence-corrected chi connectivity index (χ1v) is 5.35. The molecule has 1 aromatic heterocycles. The minimum absolute atomic E-state index is 0.152. The number of ether oxygens (including phenoxy) is 2. The van der Waals surface area contributed by atoms with Crippen molar-refractivity contribution in [2.45, 2.75) is 31.5 Å². The van der Waals surface area contributed by atoms with Crippen LogP contribution in [0.1, 0.15) is 30.8 Å². The quantitative estimate of drug-likeness (QED) is 0.826. The third-order valence-corrected chi connectivity index (χ3v) is 3.07. The van der Waals surface area contributed by atoms with Gasteiger partial charge < -0.3 is 14.5 Å². The van der Waals surface area contributed by atoms with Crippen LogP contribution in [0.5, 0.6) is 0 Å². The Kier molecular flexibility index (Phi) is 3.07. The molecular weight excluding hydrogens is 208 g/mol. The lowest BCUT2D eigenvalue weighted by molar-refractivity contribution is -0.0850. The van der Waals surface area contributed by atoms with Crippen LogP contribution >= 0.6 is 0 Å². The Morgan fingerprint density at radius 3 is 2.75 bits per heavy atom. The summed E-state index contributed by atoms with van der Waals surface area (Å²) in [5.41, 5.74) is 0.105. The van der Waals surface area contributed by atoms with Gasteiger partial charge in [-0.1, -0.05) is 0 Å². The van der Waals surface area contributed by atoms with Crippen LogP contribution in [0, 0.1) is 0 Å². The number of nitrogens with one attached hydrogen (secondary N) is 1. The van der Waals surface area contributed by atoms with E-state index in [0.717, 1.165) is 19.3 Å². The summed E-state index contributed by atoms with van der Waals surface area (Å²) in [7, 11) is 3.24. The Hall–Kier alpha value is -1.20. The van der Waals surface area contributed by atoms with Crippen molar-refractivity contribution in [2.75, 3.05) is 14.2 Å². The third-order valence-electron chi connectivity index (χ3n) is 3.07. The Morgan fingerprint density at radius 1 is 1.50 bits per heavy atom. The van der Waals surface area contributed by atoms with Crippen LogP contribution in [0.4, 0.5) is 0 Å². The molecule has 5 nitrogen and oxygen atoms in total. The number of aromatic nitrogens is 2. The summed E-state index contributed by atoms with van der Waals surface area (Å²) in [4.78, 5) is 18.6. The van der Waals surface area contributed by atoms with Gasteiger partial charge in [-0.25, -0.2) is 4.98 Å². The molecule has 1 aliphatic carbocycles. The summed E-state index contributed by atoms with van der Waals surface area (Å²) in [6.45, 7) is 0.344. The first kappa shape index (κ1) is 11.3. The van der Waals surface area contributed by atoms with Gasteiger partial charge in [-0.3, -0.25) is 4.79 Å². The van der Waals surface area contributed by atoms with Gasteiger partial charge in [-0.15, -0.1) is 0 Å². The fourth-order valence-corrected chi connectivity index (χ4v) is 1.98. The van der Waals surface area contributed by atoms with E-state index in [0.29, 0.717) is 18.1 Å². The second kappa shape index (κ2) is 4.35. The average Bonchev–Trinajstić information content (AvgIpc) is 2.16. The molecule has 0 amide bonds. The summed E-state index contributed by atoms with van der Waals surface area (Å²) in [6, 6.07) is 1.45. The Balaban J connectivity index is 2.36. The van der Waals surface area contributed by atoms with E-state index in [1.807, 2.05) is 0 Å². The molecule has 0 radical (unpaired) electrons.